The van der Waals surface area contributed by atoms with E-state index in [-0.39, 0.29) is 20.4 Å². The van der Waals surface area contributed by atoms with E-state index in [1.807, 2.05) is 20.8 Å². The minimum absolute atomic E-state index is 0.0781. The number of nitrogens with two attached hydrogens (primary N) is 1. The van der Waals surface area contributed by atoms with Gasteiger partial charge < -0.3 is 5.32 Å². The van der Waals surface area contributed by atoms with Crippen molar-refractivity contribution in [2.24, 2.45) is 11.1 Å². The normalized spacial score (nSPS) is 22.0. The fraction of sp³-hybridized carbons (Fsp3) is 0.667. The van der Waals surface area contributed by atoms with E-state index in [1.165, 1.54) is 10.4 Å². The van der Waals surface area contributed by atoms with Gasteiger partial charge in [0.15, 0.2) is 0 Å². The molecule has 1 aromatic rings. The summed E-state index contributed by atoms with van der Waals surface area (Å²) in [4.78, 5) is 0. The third-order valence-electron chi connectivity index (χ3n) is 3.34. The first-order chi connectivity index (χ1) is 10.1. The largest absolute Gasteiger partial charge is 0.309 e. The van der Waals surface area contributed by atoms with Crippen LogP contribution >= 0.6 is 11.3 Å². The molecule has 1 atom stereocenters. The molecule has 0 fully saturated rings. The van der Waals surface area contributed by atoms with E-state index in [9.17, 15) is 16.8 Å². The Morgan fingerprint density at radius 1 is 1.50 bits per heavy atom. The van der Waals surface area contributed by atoms with Gasteiger partial charge in [-0.1, -0.05) is 20.8 Å². The molecule has 1 aromatic heterocycles. The number of hydrogen-bond acceptors (Lipinski definition) is 6. The van der Waals surface area contributed by atoms with Gasteiger partial charge in [-0.25, -0.2) is 22.0 Å². The van der Waals surface area contributed by atoms with E-state index >= 15 is 0 Å². The number of sulfonamides is 2. The fourth-order valence-electron chi connectivity index (χ4n) is 2.47. The lowest BCUT2D eigenvalue weighted by atomic mass is 10.1. The lowest BCUT2D eigenvalue weighted by molar-refractivity contribution is 0.316. The molecule has 2 heterocycles. The molecule has 0 aromatic carbocycles. The summed E-state index contributed by atoms with van der Waals surface area (Å²) in [6, 6.07) is 1.15. The minimum atomic E-state index is -3.92. The second kappa shape index (κ2) is 6.17. The predicted octanol–water partition coefficient (Wildman–Crippen LogP) is 0.706. The highest BCUT2D eigenvalue weighted by atomic mass is 32.3. The number of thiophene rings is 1. The molecule has 1 unspecified atom stereocenters. The molecule has 0 spiro atoms. The molecule has 0 saturated carbocycles. The Balaban J connectivity index is 2.57. The topological polar surface area (TPSA) is 110 Å². The molecule has 0 saturated heterocycles. The first-order valence-electron chi connectivity index (χ1n) is 6.97. The molecule has 2 rings (SSSR count). The molecule has 0 bridgehead atoms. The molecule has 3 N–H and O–H groups in total. The Labute approximate surface area is 135 Å². The Hall–Kier alpha value is -0.520. The van der Waals surface area contributed by atoms with Crippen LogP contribution in [0.2, 0.25) is 0 Å². The van der Waals surface area contributed by atoms with E-state index in [0.29, 0.717) is 25.2 Å². The van der Waals surface area contributed by atoms with Crippen LogP contribution in [0.1, 0.15) is 32.4 Å². The predicted molar refractivity (Wildman–Crippen MR) is 85.7 cm³/mol. The summed E-state index contributed by atoms with van der Waals surface area (Å²) in [5.41, 5.74) is 0.496. The maximum absolute atomic E-state index is 12.7. The molecule has 22 heavy (non-hydrogen) atoms. The van der Waals surface area contributed by atoms with Gasteiger partial charge in [0.2, 0.25) is 10.0 Å². The van der Waals surface area contributed by atoms with Crippen LogP contribution < -0.4 is 10.5 Å². The number of primary sulfonamides is 1. The van der Waals surface area contributed by atoms with Gasteiger partial charge >= 0.3 is 0 Å². The monoisotopic (exact) mass is 367 g/mol. The minimum Gasteiger partial charge on any atom is -0.309 e. The van der Waals surface area contributed by atoms with Crippen molar-refractivity contribution in [3.05, 3.63) is 11.6 Å². The zero-order valence-corrected chi connectivity index (χ0v) is 15.2. The quantitative estimate of drug-likeness (QED) is 0.796. The van der Waals surface area contributed by atoms with Gasteiger partial charge in [0.25, 0.3) is 10.0 Å². The summed E-state index contributed by atoms with van der Waals surface area (Å²) in [5.74, 6) is 0.177. The number of rotatable bonds is 5. The van der Waals surface area contributed by atoms with Crippen LogP contribution in [0, 0.1) is 5.92 Å². The van der Waals surface area contributed by atoms with Crippen molar-refractivity contribution in [2.45, 2.75) is 35.2 Å². The van der Waals surface area contributed by atoms with Crippen molar-refractivity contribution >= 4 is 31.4 Å². The van der Waals surface area contributed by atoms with Gasteiger partial charge in [-0.2, -0.15) is 4.31 Å². The average molecular weight is 368 g/mol. The number of nitrogens with zero attached hydrogens (tertiary/aromatic N) is 1. The molecular weight excluding hydrogens is 346 g/mol. The van der Waals surface area contributed by atoms with Crippen molar-refractivity contribution in [2.75, 3.05) is 19.6 Å². The smallest absolute Gasteiger partial charge is 0.253 e. The number of likely N-dealkylation sites (N-methyl/N-ethyl adjacent to an activating group) is 1. The van der Waals surface area contributed by atoms with Crippen LogP contribution in [0.4, 0.5) is 0 Å². The van der Waals surface area contributed by atoms with E-state index in [1.54, 1.807) is 0 Å². The lowest BCUT2D eigenvalue weighted by Gasteiger charge is -2.33. The molecule has 1 aliphatic heterocycles. The maximum Gasteiger partial charge on any atom is 0.253 e. The Morgan fingerprint density at radius 3 is 2.64 bits per heavy atom. The summed E-state index contributed by atoms with van der Waals surface area (Å²) >= 11 is 0.727. The number of hydrogen-bond donors (Lipinski definition) is 2. The molecule has 126 valence electrons. The molecule has 0 aliphatic carbocycles. The van der Waals surface area contributed by atoms with Gasteiger partial charge in [0, 0.05) is 24.7 Å². The van der Waals surface area contributed by atoms with Crippen LogP contribution in [-0.4, -0.2) is 40.8 Å². The van der Waals surface area contributed by atoms with Crippen LogP contribution in [0.5, 0.6) is 0 Å². The molecule has 1 aliphatic rings. The van der Waals surface area contributed by atoms with Crippen LogP contribution in [0.25, 0.3) is 0 Å². The molecule has 0 radical (unpaired) electrons. The average Bonchev–Trinajstić information content (AvgIpc) is 2.81. The SMILES string of the molecule is CCNC1CN(CC(C)C)S(=O)(=O)c2sc(S(N)(=O)=O)cc21. The van der Waals surface area contributed by atoms with Gasteiger partial charge in [-0.3, -0.25) is 0 Å². The van der Waals surface area contributed by atoms with Crippen molar-refractivity contribution in [3.8, 4) is 0 Å². The van der Waals surface area contributed by atoms with E-state index in [2.05, 4.69) is 5.32 Å². The summed E-state index contributed by atoms with van der Waals surface area (Å²) < 4.78 is 49.9. The third-order valence-corrected chi connectivity index (χ3v) is 8.27. The second-order valence-electron chi connectivity index (χ2n) is 5.68. The zero-order chi connectivity index (χ0) is 16.7. The Morgan fingerprint density at radius 2 is 2.14 bits per heavy atom. The van der Waals surface area contributed by atoms with E-state index in [0.717, 1.165) is 11.3 Å². The van der Waals surface area contributed by atoms with Gasteiger partial charge in [-0.15, -0.1) is 11.3 Å². The Bertz CT molecular complexity index is 753. The van der Waals surface area contributed by atoms with Crippen LogP contribution in [0.3, 0.4) is 0 Å². The van der Waals surface area contributed by atoms with Crippen LogP contribution in [0.15, 0.2) is 14.5 Å². The van der Waals surface area contributed by atoms with E-state index in [4.69, 9.17) is 5.14 Å². The highest BCUT2D eigenvalue weighted by Gasteiger charge is 2.39. The van der Waals surface area contributed by atoms with Gasteiger partial charge in [0.05, 0.1) is 0 Å². The Kier molecular flexibility index (Phi) is 5.00. The molecule has 0 amide bonds. The lowest BCUT2D eigenvalue weighted by Crippen LogP contribution is -2.44. The van der Waals surface area contributed by atoms with Crippen molar-refractivity contribution in [3.63, 3.8) is 0 Å². The maximum atomic E-state index is 12.7. The second-order valence-corrected chi connectivity index (χ2v) is 10.7. The standard InChI is InChI=1S/C12H21N3O4S3/c1-4-14-10-7-15(6-8(2)3)22(18,19)12-9(10)5-11(20-12)21(13,16)17/h5,8,10,14H,4,6-7H2,1-3H3,(H2,13,16,17). The summed E-state index contributed by atoms with van der Waals surface area (Å²) in [7, 11) is -7.59. The summed E-state index contributed by atoms with van der Waals surface area (Å²) in [6.07, 6.45) is 0. The first kappa shape index (κ1) is 17.8. The molecular formula is C12H21N3O4S3. The fourth-order valence-corrected chi connectivity index (χ4v) is 6.90. The van der Waals surface area contributed by atoms with Gasteiger partial charge in [0.1, 0.15) is 8.42 Å². The third kappa shape index (κ3) is 3.36. The highest BCUT2D eigenvalue weighted by molar-refractivity contribution is 7.94. The van der Waals surface area contributed by atoms with Crippen molar-refractivity contribution < 1.29 is 16.8 Å². The number of nitrogens with one attached hydrogen (secondary N) is 1. The summed E-state index contributed by atoms with van der Waals surface area (Å²) in [5, 5.41) is 8.36. The first-order valence-corrected chi connectivity index (χ1v) is 10.8. The molecule has 7 nitrogen and oxygen atoms in total. The van der Waals surface area contributed by atoms with Crippen LogP contribution in [-0.2, 0) is 20.0 Å². The van der Waals surface area contributed by atoms with E-state index < -0.39 is 20.0 Å². The summed E-state index contributed by atoms with van der Waals surface area (Å²) in [6.45, 7) is 7.14. The van der Waals surface area contributed by atoms with Gasteiger partial charge in [-0.05, 0) is 18.5 Å². The number of fused-ring (bicyclic) bond motifs is 1. The zero-order valence-electron chi connectivity index (χ0n) is 12.7. The van der Waals surface area contributed by atoms with Crippen molar-refractivity contribution in [1.29, 1.82) is 0 Å². The van der Waals surface area contributed by atoms with Crippen molar-refractivity contribution in [1.82, 2.24) is 9.62 Å². The highest BCUT2D eigenvalue weighted by Crippen LogP contribution is 2.40. The molecule has 10 heteroatoms.